The first-order valence-electron chi connectivity index (χ1n) is 6.42. The van der Waals surface area contributed by atoms with Gasteiger partial charge in [-0.1, -0.05) is 24.3 Å². The Morgan fingerprint density at radius 3 is 2.60 bits per heavy atom. The SMILES string of the molecule is COC(=O)c1cc(C)cc(CNNc2ccccc2)c1. The van der Waals surface area contributed by atoms with Gasteiger partial charge in [0, 0.05) is 12.2 Å². The van der Waals surface area contributed by atoms with Gasteiger partial charge in [-0.2, -0.15) is 0 Å². The fourth-order valence-electron chi connectivity index (χ4n) is 1.97. The zero-order valence-corrected chi connectivity index (χ0v) is 11.6. The van der Waals surface area contributed by atoms with Crippen molar-refractivity contribution in [3.8, 4) is 0 Å². The number of hydrogen-bond donors (Lipinski definition) is 2. The Balaban J connectivity index is 1.99. The lowest BCUT2D eigenvalue weighted by atomic mass is 10.1. The third kappa shape index (κ3) is 3.83. The molecule has 104 valence electrons. The Bertz CT molecular complexity index is 582. The van der Waals surface area contributed by atoms with Crippen molar-refractivity contribution >= 4 is 11.7 Å². The second kappa shape index (κ2) is 6.73. The van der Waals surface area contributed by atoms with Crippen molar-refractivity contribution in [2.75, 3.05) is 12.5 Å². The predicted molar refractivity (Wildman–Crippen MR) is 79.4 cm³/mol. The number of anilines is 1. The van der Waals surface area contributed by atoms with Gasteiger partial charge in [-0.15, -0.1) is 0 Å². The number of nitrogens with one attached hydrogen (secondary N) is 2. The summed E-state index contributed by atoms with van der Waals surface area (Å²) < 4.78 is 4.75. The number of hydrazine groups is 1. The molecule has 0 aliphatic rings. The van der Waals surface area contributed by atoms with Crippen LogP contribution >= 0.6 is 0 Å². The molecule has 4 heteroatoms. The van der Waals surface area contributed by atoms with Crippen LogP contribution in [0.4, 0.5) is 5.69 Å². The third-order valence-corrected chi connectivity index (χ3v) is 2.86. The lowest BCUT2D eigenvalue weighted by Gasteiger charge is -2.10. The Morgan fingerprint density at radius 2 is 1.90 bits per heavy atom. The van der Waals surface area contributed by atoms with Crippen LogP contribution in [0.5, 0.6) is 0 Å². The van der Waals surface area contributed by atoms with Gasteiger partial charge < -0.3 is 10.2 Å². The topological polar surface area (TPSA) is 50.4 Å². The lowest BCUT2D eigenvalue weighted by Crippen LogP contribution is -2.21. The van der Waals surface area contributed by atoms with Crippen molar-refractivity contribution in [2.45, 2.75) is 13.5 Å². The molecule has 2 rings (SSSR count). The van der Waals surface area contributed by atoms with Crippen LogP contribution in [0.15, 0.2) is 48.5 Å². The van der Waals surface area contributed by atoms with E-state index < -0.39 is 0 Å². The zero-order valence-electron chi connectivity index (χ0n) is 11.6. The molecule has 0 heterocycles. The molecule has 0 radical (unpaired) electrons. The van der Waals surface area contributed by atoms with E-state index in [9.17, 15) is 4.79 Å². The minimum Gasteiger partial charge on any atom is -0.465 e. The number of carbonyl (C=O) groups is 1. The molecule has 0 aliphatic heterocycles. The molecule has 0 aromatic heterocycles. The number of esters is 1. The van der Waals surface area contributed by atoms with Crippen LogP contribution in [0.25, 0.3) is 0 Å². The molecule has 0 atom stereocenters. The number of para-hydroxylation sites is 1. The van der Waals surface area contributed by atoms with Crippen molar-refractivity contribution in [3.63, 3.8) is 0 Å². The van der Waals surface area contributed by atoms with Gasteiger partial charge >= 0.3 is 5.97 Å². The summed E-state index contributed by atoms with van der Waals surface area (Å²) in [6, 6.07) is 15.5. The average Bonchev–Trinajstić information content (AvgIpc) is 2.47. The second-order valence-electron chi connectivity index (χ2n) is 4.54. The number of aryl methyl sites for hydroxylation is 1. The first kappa shape index (κ1) is 14.1. The smallest absolute Gasteiger partial charge is 0.337 e. The summed E-state index contributed by atoms with van der Waals surface area (Å²) >= 11 is 0. The zero-order chi connectivity index (χ0) is 14.4. The van der Waals surface area contributed by atoms with Gasteiger partial charge in [0.1, 0.15) is 0 Å². The van der Waals surface area contributed by atoms with E-state index >= 15 is 0 Å². The fourth-order valence-corrected chi connectivity index (χ4v) is 1.97. The Kier molecular flexibility index (Phi) is 4.74. The first-order chi connectivity index (χ1) is 9.69. The van der Waals surface area contributed by atoms with Gasteiger partial charge in [0.2, 0.25) is 0 Å². The molecule has 0 fully saturated rings. The molecule has 2 aromatic carbocycles. The van der Waals surface area contributed by atoms with Gasteiger partial charge in [0.25, 0.3) is 0 Å². The molecule has 0 aliphatic carbocycles. The van der Waals surface area contributed by atoms with Gasteiger partial charge in [-0.25, -0.2) is 10.2 Å². The molecule has 0 spiro atoms. The van der Waals surface area contributed by atoms with Crippen LogP contribution in [0, 0.1) is 6.92 Å². The minimum atomic E-state index is -0.314. The number of carbonyl (C=O) groups excluding carboxylic acids is 1. The predicted octanol–water partition coefficient (Wildman–Crippen LogP) is 2.90. The maximum absolute atomic E-state index is 11.6. The van der Waals surface area contributed by atoms with E-state index in [2.05, 4.69) is 10.9 Å². The number of methoxy groups -OCH3 is 1. The molecule has 20 heavy (non-hydrogen) atoms. The summed E-state index contributed by atoms with van der Waals surface area (Å²) in [6.45, 7) is 2.57. The Hall–Kier alpha value is -2.33. The second-order valence-corrected chi connectivity index (χ2v) is 4.54. The van der Waals surface area contributed by atoms with Gasteiger partial charge in [0.05, 0.1) is 12.7 Å². The fraction of sp³-hybridized carbons (Fsp3) is 0.188. The van der Waals surface area contributed by atoms with Crippen LogP contribution in [0.3, 0.4) is 0 Å². The van der Waals surface area contributed by atoms with Crippen LogP contribution in [-0.2, 0) is 11.3 Å². The van der Waals surface area contributed by atoms with Gasteiger partial charge in [-0.3, -0.25) is 0 Å². The van der Waals surface area contributed by atoms with E-state index in [0.29, 0.717) is 12.1 Å². The highest BCUT2D eigenvalue weighted by molar-refractivity contribution is 5.89. The first-order valence-corrected chi connectivity index (χ1v) is 6.42. The summed E-state index contributed by atoms with van der Waals surface area (Å²) in [5.74, 6) is -0.314. The molecule has 4 nitrogen and oxygen atoms in total. The monoisotopic (exact) mass is 270 g/mol. The highest BCUT2D eigenvalue weighted by Gasteiger charge is 2.07. The quantitative estimate of drug-likeness (QED) is 0.648. The number of rotatable bonds is 5. The van der Waals surface area contributed by atoms with E-state index in [0.717, 1.165) is 16.8 Å². The molecule has 0 bridgehead atoms. The summed E-state index contributed by atoms with van der Waals surface area (Å²) in [5, 5.41) is 0. The van der Waals surface area contributed by atoms with E-state index in [4.69, 9.17) is 4.74 Å². The van der Waals surface area contributed by atoms with Gasteiger partial charge in [-0.05, 0) is 42.3 Å². The van der Waals surface area contributed by atoms with E-state index in [1.165, 1.54) is 7.11 Å². The minimum absolute atomic E-state index is 0.314. The standard InChI is InChI=1S/C16H18N2O2/c1-12-8-13(10-14(9-12)16(19)20-2)11-17-18-15-6-4-3-5-7-15/h3-10,17-18H,11H2,1-2H3. The summed E-state index contributed by atoms with van der Waals surface area (Å²) in [6.07, 6.45) is 0. The van der Waals surface area contributed by atoms with Crippen molar-refractivity contribution in [1.29, 1.82) is 0 Å². The largest absolute Gasteiger partial charge is 0.465 e. The lowest BCUT2D eigenvalue weighted by molar-refractivity contribution is 0.0600. The Labute approximate surface area is 118 Å². The average molecular weight is 270 g/mol. The molecule has 0 saturated carbocycles. The molecule has 0 amide bonds. The summed E-state index contributed by atoms with van der Waals surface area (Å²) in [5.41, 5.74) is 9.86. The Morgan fingerprint density at radius 1 is 1.15 bits per heavy atom. The molecular formula is C16H18N2O2. The number of benzene rings is 2. The molecule has 0 saturated heterocycles. The number of hydrogen-bond acceptors (Lipinski definition) is 4. The van der Waals surface area contributed by atoms with Gasteiger partial charge in [0.15, 0.2) is 0 Å². The molecule has 2 N–H and O–H groups in total. The molecular weight excluding hydrogens is 252 g/mol. The van der Waals surface area contributed by atoms with E-state index in [-0.39, 0.29) is 5.97 Å². The van der Waals surface area contributed by atoms with Crippen LogP contribution in [0.1, 0.15) is 21.5 Å². The van der Waals surface area contributed by atoms with E-state index in [1.54, 1.807) is 0 Å². The van der Waals surface area contributed by atoms with Crippen LogP contribution in [-0.4, -0.2) is 13.1 Å². The maximum atomic E-state index is 11.6. The van der Waals surface area contributed by atoms with Crippen LogP contribution in [0.2, 0.25) is 0 Å². The summed E-state index contributed by atoms with van der Waals surface area (Å²) in [7, 11) is 1.39. The van der Waals surface area contributed by atoms with Crippen molar-refractivity contribution in [2.24, 2.45) is 0 Å². The summed E-state index contributed by atoms with van der Waals surface area (Å²) in [4.78, 5) is 11.6. The molecule has 2 aromatic rings. The maximum Gasteiger partial charge on any atom is 0.337 e. The highest BCUT2D eigenvalue weighted by Crippen LogP contribution is 2.11. The van der Waals surface area contributed by atoms with Crippen LogP contribution < -0.4 is 10.9 Å². The highest BCUT2D eigenvalue weighted by atomic mass is 16.5. The normalized spacial score (nSPS) is 10.1. The number of ether oxygens (including phenoxy) is 1. The molecule has 0 unspecified atom stereocenters. The van der Waals surface area contributed by atoms with Crippen molar-refractivity contribution < 1.29 is 9.53 Å². The van der Waals surface area contributed by atoms with Crippen molar-refractivity contribution in [1.82, 2.24) is 5.43 Å². The van der Waals surface area contributed by atoms with E-state index in [1.807, 2.05) is 55.5 Å². The van der Waals surface area contributed by atoms with Crippen molar-refractivity contribution in [3.05, 3.63) is 65.2 Å². The third-order valence-electron chi connectivity index (χ3n) is 2.86.